The first-order valence-corrected chi connectivity index (χ1v) is 9.12. The Morgan fingerprint density at radius 1 is 1.18 bits per heavy atom. The lowest BCUT2D eigenvalue weighted by Gasteiger charge is -2.17. The van der Waals surface area contributed by atoms with Gasteiger partial charge in [0, 0.05) is 35.3 Å². The monoisotopic (exact) mass is 377 g/mol. The SMILES string of the molecule is CCc1cccc(C)c1-n1c(C)cc(C=Nc2cc([N+](=O)[O-])ccc2O)c1C. The molecule has 0 unspecified atom stereocenters. The van der Waals surface area contributed by atoms with Crippen molar-refractivity contribution in [1.82, 2.24) is 4.57 Å². The maximum Gasteiger partial charge on any atom is 0.271 e. The number of nitro groups is 1. The number of non-ortho nitro benzene ring substituents is 1. The molecule has 3 aromatic rings. The molecule has 0 radical (unpaired) electrons. The fourth-order valence-corrected chi connectivity index (χ4v) is 3.46. The smallest absolute Gasteiger partial charge is 0.271 e. The molecule has 6 nitrogen and oxygen atoms in total. The molecule has 0 fully saturated rings. The number of nitro benzene ring substituents is 1. The number of aromatic hydroxyl groups is 1. The largest absolute Gasteiger partial charge is 0.506 e. The zero-order valence-electron chi connectivity index (χ0n) is 16.4. The molecule has 1 aromatic heterocycles. The van der Waals surface area contributed by atoms with E-state index < -0.39 is 4.92 Å². The van der Waals surface area contributed by atoms with Gasteiger partial charge in [0.2, 0.25) is 0 Å². The van der Waals surface area contributed by atoms with E-state index in [4.69, 9.17) is 0 Å². The zero-order valence-corrected chi connectivity index (χ0v) is 16.4. The van der Waals surface area contributed by atoms with E-state index in [1.54, 1.807) is 6.21 Å². The average Bonchev–Trinajstić information content (AvgIpc) is 2.94. The van der Waals surface area contributed by atoms with Crippen LogP contribution in [-0.2, 0) is 6.42 Å². The molecule has 3 rings (SSSR count). The van der Waals surface area contributed by atoms with Crippen LogP contribution >= 0.6 is 0 Å². The lowest BCUT2D eigenvalue weighted by atomic mass is 10.1. The quantitative estimate of drug-likeness (QED) is 0.371. The van der Waals surface area contributed by atoms with Gasteiger partial charge in [-0.2, -0.15) is 0 Å². The van der Waals surface area contributed by atoms with Crippen LogP contribution in [0.5, 0.6) is 5.75 Å². The molecule has 0 atom stereocenters. The Labute approximate surface area is 163 Å². The van der Waals surface area contributed by atoms with E-state index in [-0.39, 0.29) is 17.1 Å². The van der Waals surface area contributed by atoms with Gasteiger partial charge < -0.3 is 9.67 Å². The Bertz CT molecular complexity index is 1080. The molecule has 0 amide bonds. The van der Waals surface area contributed by atoms with Crippen LogP contribution in [0.15, 0.2) is 47.5 Å². The van der Waals surface area contributed by atoms with Crippen LogP contribution in [-0.4, -0.2) is 20.8 Å². The molecular weight excluding hydrogens is 354 g/mol. The first-order valence-electron chi connectivity index (χ1n) is 9.12. The Morgan fingerprint density at radius 2 is 1.93 bits per heavy atom. The van der Waals surface area contributed by atoms with Gasteiger partial charge in [-0.15, -0.1) is 0 Å². The van der Waals surface area contributed by atoms with Crippen molar-refractivity contribution in [1.29, 1.82) is 0 Å². The summed E-state index contributed by atoms with van der Waals surface area (Å²) in [4.78, 5) is 14.8. The van der Waals surface area contributed by atoms with Crippen molar-refractivity contribution >= 4 is 17.6 Å². The van der Waals surface area contributed by atoms with Gasteiger partial charge >= 0.3 is 0 Å². The van der Waals surface area contributed by atoms with E-state index in [2.05, 4.69) is 41.6 Å². The molecule has 0 aliphatic rings. The first-order chi connectivity index (χ1) is 13.3. The maximum absolute atomic E-state index is 11.0. The third kappa shape index (κ3) is 3.53. The zero-order chi connectivity index (χ0) is 20.4. The Hall–Kier alpha value is -3.41. The second kappa shape index (κ2) is 7.68. The summed E-state index contributed by atoms with van der Waals surface area (Å²) in [7, 11) is 0. The summed E-state index contributed by atoms with van der Waals surface area (Å²) in [5.74, 6) is -0.0946. The molecule has 0 saturated heterocycles. The van der Waals surface area contributed by atoms with E-state index in [0.29, 0.717) is 0 Å². The van der Waals surface area contributed by atoms with Gasteiger partial charge in [0.15, 0.2) is 0 Å². The highest BCUT2D eigenvalue weighted by Gasteiger charge is 2.15. The van der Waals surface area contributed by atoms with E-state index in [1.807, 2.05) is 19.9 Å². The third-order valence-corrected chi connectivity index (χ3v) is 4.91. The number of aromatic nitrogens is 1. The molecular formula is C22H23N3O3. The molecule has 0 bridgehead atoms. The minimum atomic E-state index is -0.505. The van der Waals surface area contributed by atoms with Crippen LogP contribution < -0.4 is 0 Å². The number of hydrogen-bond donors (Lipinski definition) is 1. The molecule has 1 heterocycles. The second-order valence-corrected chi connectivity index (χ2v) is 6.79. The standard InChI is InChI=1S/C22H23N3O3/c1-5-17-8-6-7-14(2)22(17)24-15(3)11-18(16(24)4)13-23-20-12-19(25(27)28)9-10-21(20)26/h6-13,26H,5H2,1-4H3. The molecule has 0 aliphatic carbocycles. The highest BCUT2D eigenvalue weighted by molar-refractivity contribution is 5.85. The molecule has 0 saturated carbocycles. The van der Waals surface area contributed by atoms with Crippen molar-refractivity contribution < 1.29 is 10.0 Å². The van der Waals surface area contributed by atoms with Gasteiger partial charge in [0.1, 0.15) is 11.4 Å². The fraction of sp³-hybridized carbons (Fsp3) is 0.227. The van der Waals surface area contributed by atoms with Gasteiger partial charge in [-0.1, -0.05) is 25.1 Å². The van der Waals surface area contributed by atoms with Crippen molar-refractivity contribution in [3.8, 4) is 11.4 Å². The van der Waals surface area contributed by atoms with Gasteiger partial charge in [-0.05, 0) is 50.5 Å². The van der Waals surface area contributed by atoms with Gasteiger partial charge in [0.25, 0.3) is 5.69 Å². The molecule has 0 aliphatic heterocycles. The summed E-state index contributed by atoms with van der Waals surface area (Å²) >= 11 is 0. The maximum atomic E-state index is 11.0. The summed E-state index contributed by atoms with van der Waals surface area (Å²) in [6.45, 7) is 8.30. The Morgan fingerprint density at radius 3 is 2.61 bits per heavy atom. The van der Waals surface area contributed by atoms with Crippen molar-refractivity contribution in [3.63, 3.8) is 0 Å². The minimum Gasteiger partial charge on any atom is -0.506 e. The number of nitrogens with zero attached hydrogens (tertiary/aromatic N) is 3. The molecule has 6 heteroatoms. The number of benzene rings is 2. The normalized spacial score (nSPS) is 11.3. The lowest BCUT2D eigenvalue weighted by molar-refractivity contribution is -0.384. The molecule has 2 aromatic carbocycles. The van der Waals surface area contributed by atoms with Crippen molar-refractivity contribution in [2.45, 2.75) is 34.1 Å². The van der Waals surface area contributed by atoms with E-state index >= 15 is 0 Å². The summed E-state index contributed by atoms with van der Waals surface area (Å²) < 4.78 is 2.21. The van der Waals surface area contributed by atoms with Gasteiger partial charge in [0.05, 0.1) is 10.6 Å². The number of phenolic OH excluding ortho intramolecular Hbond substituents is 1. The van der Waals surface area contributed by atoms with Crippen LogP contribution in [0, 0.1) is 30.9 Å². The lowest BCUT2D eigenvalue weighted by Crippen LogP contribution is -2.05. The number of aryl methyl sites for hydroxylation is 3. The first kappa shape index (κ1) is 19.4. The highest BCUT2D eigenvalue weighted by atomic mass is 16.6. The number of rotatable bonds is 5. The van der Waals surface area contributed by atoms with Crippen molar-refractivity contribution in [2.75, 3.05) is 0 Å². The van der Waals surface area contributed by atoms with Crippen LogP contribution in [0.2, 0.25) is 0 Å². The Kier molecular flexibility index (Phi) is 5.31. The topological polar surface area (TPSA) is 80.7 Å². The van der Waals surface area contributed by atoms with E-state index in [1.165, 1.54) is 35.0 Å². The predicted molar refractivity (Wildman–Crippen MR) is 111 cm³/mol. The highest BCUT2D eigenvalue weighted by Crippen LogP contribution is 2.31. The Balaban J connectivity index is 2.06. The van der Waals surface area contributed by atoms with Gasteiger partial charge in [-0.25, -0.2) is 0 Å². The molecule has 1 N–H and O–H groups in total. The molecule has 144 valence electrons. The summed E-state index contributed by atoms with van der Waals surface area (Å²) in [5, 5.41) is 20.9. The number of hydrogen-bond acceptors (Lipinski definition) is 4. The minimum absolute atomic E-state index is 0.0946. The van der Waals surface area contributed by atoms with Gasteiger partial charge in [-0.3, -0.25) is 15.1 Å². The second-order valence-electron chi connectivity index (χ2n) is 6.79. The van der Waals surface area contributed by atoms with Crippen LogP contribution in [0.25, 0.3) is 5.69 Å². The van der Waals surface area contributed by atoms with E-state index in [0.717, 1.165) is 23.4 Å². The van der Waals surface area contributed by atoms with E-state index in [9.17, 15) is 15.2 Å². The fourth-order valence-electron chi connectivity index (χ4n) is 3.46. The van der Waals surface area contributed by atoms with Crippen molar-refractivity contribution in [2.24, 2.45) is 4.99 Å². The molecule has 0 spiro atoms. The predicted octanol–water partition coefficient (Wildman–Crippen LogP) is 5.33. The van der Waals surface area contributed by atoms with Crippen molar-refractivity contribution in [3.05, 3.63) is 80.7 Å². The summed E-state index contributed by atoms with van der Waals surface area (Å²) in [5.41, 5.74) is 6.70. The number of para-hydroxylation sites is 1. The van der Waals surface area contributed by atoms with Crippen LogP contribution in [0.1, 0.15) is 35.0 Å². The van der Waals surface area contributed by atoms with Crippen LogP contribution in [0.4, 0.5) is 11.4 Å². The average molecular weight is 377 g/mol. The summed E-state index contributed by atoms with van der Waals surface area (Å²) in [6.07, 6.45) is 2.57. The third-order valence-electron chi connectivity index (χ3n) is 4.91. The summed E-state index contributed by atoms with van der Waals surface area (Å²) in [6, 6.07) is 12.1. The number of aliphatic imine (C=N–C) groups is 1. The molecule has 28 heavy (non-hydrogen) atoms. The number of phenols is 1. The van der Waals surface area contributed by atoms with Crippen LogP contribution in [0.3, 0.4) is 0 Å².